The summed E-state index contributed by atoms with van der Waals surface area (Å²) < 4.78 is 36.6. The molecule has 0 bridgehead atoms. The predicted octanol–water partition coefficient (Wildman–Crippen LogP) is -0.910. The molecule has 7 heteroatoms. The first-order chi connectivity index (χ1) is 5.41. The number of hydrogen-bond donors (Lipinski definition) is 1. The van der Waals surface area contributed by atoms with Crippen molar-refractivity contribution in [3.05, 3.63) is 22.7 Å². The van der Waals surface area contributed by atoms with Crippen molar-refractivity contribution in [3.8, 4) is 0 Å². The number of benzene rings is 1. The standard InChI is InChI=1S/C6H5BBrF3N.K/c8-5-3-4(7(9,10)11)1-2-6(5)12;/h1-3H,12H2;/q-1;+1. The second-order valence-corrected chi connectivity index (χ2v) is 3.21. The summed E-state index contributed by atoms with van der Waals surface area (Å²) in [7, 11) is 0. The Labute approximate surface area is 125 Å². The van der Waals surface area contributed by atoms with Crippen LogP contribution in [-0.4, -0.2) is 6.98 Å². The minimum atomic E-state index is -4.92. The van der Waals surface area contributed by atoms with Crippen LogP contribution in [0.1, 0.15) is 0 Å². The van der Waals surface area contributed by atoms with Gasteiger partial charge < -0.3 is 18.7 Å². The van der Waals surface area contributed by atoms with Crippen LogP contribution in [0.5, 0.6) is 0 Å². The third-order valence-corrected chi connectivity index (χ3v) is 2.09. The molecule has 0 saturated carbocycles. The molecule has 0 fully saturated rings. The smallest absolute Gasteiger partial charge is 0.445 e. The molecule has 0 aliphatic carbocycles. The van der Waals surface area contributed by atoms with E-state index in [0.29, 0.717) is 5.69 Å². The van der Waals surface area contributed by atoms with Crippen LogP contribution in [0.3, 0.4) is 0 Å². The summed E-state index contributed by atoms with van der Waals surface area (Å²) in [5.74, 6) is 0. The maximum Gasteiger partial charge on any atom is 1.00 e. The normalized spacial score (nSPS) is 10.8. The van der Waals surface area contributed by atoms with E-state index in [1.165, 1.54) is 6.07 Å². The molecule has 1 rings (SSSR count). The average Bonchev–Trinajstić information content (AvgIpc) is 1.92. The van der Waals surface area contributed by atoms with E-state index in [0.717, 1.165) is 12.1 Å². The molecule has 0 spiro atoms. The molecule has 0 atom stereocenters. The van der Waals surface area contributed by atoms with Gasteiger partial charge in [-0.1, -0.05) is 12.1 Å². The third kappa shape index (κ3) is 3.93. The van der Waals surface area contributed by atoms with Crippen molar-refractivity contribution in [2.45, 2.75) is 0 Å². The molecular weight excluding hydrogens is 273 g/mol. The monoisotopic (exact) mass is 277 g/mol. The summed E-state index contributed by atoms with van der Waals surface area (Å²) in [4.78, 5) is 0. The fraction of sp³-hybridized carbons (Fsp3) is 0. The predicted molar refractivity (Wildman–Crippen MR) is 47.3 cm³/mol. The number of nitrogens with two attached hydrogens (primary N) is 1. The van der Waals surface area contributed by atoms with E-state index < -0.39 is 12.4 Å². The Balaban J connectivity index is 0.00000144. The maximum absolute atomic E-state index is 12.1. The van der Waals surface area contributed by atoms with E-state index in [-0.39, 0.29) is 55.9 Å². The van der Waals surface area contributed by atoms with Crippen LogP contribution in [-0.2, 0) is 0 Å². The summed E-state index contributed by atoms with van der Waals surface area (Å²) >= 11 is 2.92. The summed E-state index contributed by atoms with van der Waals surface area (Å²) in [6, 6.07) is 3.18. The topological polar surface area (TPSA) is 26.0 Å². The van der Waals surface area contributed by atoms with Crippen LogP contribution in [0.25, 0.3) is 0 Å². The maximum atomic E-state index is 12.1. The molecule has 0 radical (unpaired) electrons. The van der Waals surface area contributed by atoms with Gasteiger partial charge >= 0.3 is 58.4 Å². The molecule has 13 heavy (non-hydrogen) atoms. The molecular formula is C6H5BBrF3KN. The molecule has 0 heterocycles. The van der Waals surface area contributed by atoms with Crippen LogP contribution >= 0.6 is 15.9 Å². The minimum absolute atomic E-state index is 0. The zero-order valence-corrected chi connectivity index (χ0v) is 11.6. The van der Waals surface area contributed by atoms with Gasteiger partial charge in [-0.05, 0) is 22.0 Å². The SMILES string of the molecule is Nc1ccc([B-](F)(F)F)cc1Br.[K+]. The second kappa shape index (κ2) is 5.18. The molecule has 0 aliphatic heterocycles. The van der Waals surface area contributed by atoms with E-state index >= 15 is 0 Å². The van der Waals surface area contributed by atoms with E-state index in [1.54, 1.807) is 0 Å². The first kappa shape index (κ1) is 14.0. The van der Waals surface area contributed by atoms with Crippen LogP contribution in [0.15, 0.2) is 22.7 Å². The van der Waals surface area contributed by atoms with Gasteiger partial charge in [0, 0.05) is 10.2 Å². The Hall–Kier alpha value is 0.991. The summed E-state index contributed by atoms with van der Waals surface area (Å²) in [5, 5.41) is 0. The fourth-order valence-electron chi connectivity index (χ4n) is 0.747. The van der Waals surface area contributed by atoms with Gasteiger partial charge in [0.2, 0.25) is 0 Å². The van der Waals surface area contributed by atoms with Gasteiger partial charge in [0.05, 0.1) is 0 Å². The van der Waals surface area contributed by atoms with Gasteiger partial charge in [-0.3, -0.25) is 0 Å². The van der Waals surface area contributed by atoms with Crippen molar-refractivity contribution in [2.75, 3.05) is 5.73 Å². The van der Waals surface area contributed by atoms with E-state index in [1.807, 2.05) is 0 Å². The second-order valence-electron chi connectivity index (χ2n) is 2.36. The molecule has 0 saturated heterocycles. The number of rotatable bonds is 1. The Morgan fingerprint density at radius 2 is 1.77 bits per heavy atom. The molecule has 0 aromatic heterocycles. The molecule has 1 aromatic rings. The number of halogens is 4. The van der Waals surface area contributed by atoms with Gasteiger partial charge in [0.25, 0.3) is 0 Å². The van der Waals surface area contributed by atoms with Crippen molar-refractivity contribution in [2.24, 2.45) is 0 Å². The molecule has 0 aliphatic rings. The van der Waals surface area contributed by atoms with Crippen molar-refractivity contribution in [3.63, 3.8) is 0 Å². The van der Waals surface area contributed by atoms with Gasteiger partial charge in [0.1, 0.15) is 0 Å². The summed E-state index contributed by atoms with van der Waals surface area (Å²) in [6.07, 6.45) is 0. The van der Waals surface area contributed by atoms with E-state index in [2.05, 4.69) is 15.9 Å². The molecule has 1 nitrogen and oxygen atoms in total. The Kier molecular flexibility index (Phi) is 5.57. The largest absolute Gasteiger partial charge is 1.00 e. The van der Waals surface area contributed by atoms with Gasteiger partial charge in [-0.25, -0.2) is 0 Å². The van der Waals surface area contributed by atoms with Crippen LogP contribution in [0.2, 0.25) is 0 Å². The Morgan fingerprint density at radius 1 is 1.23 bits per heavy atom. The fourth-order valence-corrected chi connectivity index (χ4v) is 1.14. The number of hydrogen-bond acceptors (Lipinski definition) is 1. The molecule has 1 aromatic carbocycles. The molecule has 0 unspecified atom stereocenters. The third-order valence-electron chi connectivity index (χ3n) is 1.40. The van der Waals surface area contributed by atoms with Gasteiger partial charge in [-0.2, -0.15) is 0 Å². The first-order valence-corrected chi connectivity index (χ1v) is 3.95. The number of nitrogen functional groups attached to an aromatic ring is 1. The van der Waals surface area contributed by atoms with Crippen molar-refractivity contribution in [1.82, 2.24) is 0 Å². The zero-order chi connectivity index (χ0) is 9.35. The molecule has 66 valence electrons. The quantitative estimate of drug-likeness (QED) is 0.522. The summed E-state index contributed by atoms with van der Waals surface area (Å²) in [6.45, 7) is -4.92. The van der Waals surface area contributed by atoms with Crippen LogP contribution in [0, 0.1) is 0 Å². The Bertz CT molecular complexity index is 304. The van der Waals surface area contributed by atoms with Crippen LogP contribution < -0.4 is 62.6 Å². The summed E-state index contributed by atoms with van der Waals surface area (Å²) in [5.41, 5.74) is 4.99. The van der Waals surface area contributed by atoms with Gasteiger partial charge in [-0.15, -0.1) is 5.46 Å². The van der Waals surface area contributed by atoms with E-state index in [9.17, 15) is 12.9 Å². The molecule has 2 N–H and O–H groups in total. The van der Waals surface area contributed by atoms with E-state index in [4.69, 9.17) is 5.73 Å². The molecule has 0 amide bonds. The minimum Gasteiger partial charge on any atom is -0.445 e. The van der Waals surface area contributed by atoms with Crippen molar-refractivity contribution in [1.29, 1.82) is 0 Å². The van der Waals surface area contributed by atoms with Crippen molar-refractivity contribution < 1.29 is 64.3 Å². The Morgan fingerprint density at radius 3 is 2.15 bits per heavy atom. The number of anilines is 1. The van der Waals surface area contributed by atoms with Crippen LogP contribution in [0.4, 0.5) is 18.6 Å². The van der Waals surface area contributed by atoms with Gasteiger partial charge in [0.15, 0.2) is 0 Å². The zero-order valence-electron chi connectivity index (χ0n) is 6.90. The van der Waals surface area contributed by atoms with Crippen molar-refractivity contribution >= 4 is 34.1 Å². The average molecular weight is 278 g/mol. The first-order valence-electron chi connectivity index (χ1n) is 3.16.